The molecule has 6 heteroatoms. The molecule has 0 saturated heterocycles. The van der Waals surface area contributed by atoms with Crippen LogP contribution in [0.25, 0.3) is 0 Å². The molecule has 2 aromatic heterocycles. The van der Waals surface area contributed by atoms with Crippen molar-refractivity contribution in [1.29, 1.82) is 0 Å². The zero-order valence-electron chi connectivity index (χ0n) is 12.3. The number of rotatable bonds is 7. The van der Waals surface area contributed by atoms with Gasteiger partial charge in [0.15, 0.2) is 5.75 Å². The fourth-order valence-electron chi connectivity index (χ4n) is 1.72. The van der Waals surface area contributed by atoms with Gasteiger partial charge in [0, 0.05) is 25.6 Å². The van der Waals surface area contributed by atoms with Gasteiger partial charge in [-0.2, -0.15) is 10.1 Å². The first-order valence-electron chi connectivity index (χ1n) is 7.07. The van der Waals surface area contributed by atoms with Gasteiger partial charge in [-0.05, 0) is 13.3 Å². The van der Waals surface area contributed by atoms with Crippen LogP contribution in [0.15, 0.2) is 18.5 Å². The second-order valence-corrected chi connectivity index (χ2v) is 4.42. The fourth-order valence-corrected chi connectivity index (χ4v) is 1.72. The van der Waals surface area contributed by atoms with E-state index in [0.29, 0.717) is 11.6 Å². The standard InChI is InChI=1S/C14H21N5O/c1-4-7-15-13-8-14(18-12(5-2)17-13)20-11-9-16-19(6-3)10-11/h8-10H,4-7H2,1-3H3,(H,15,17,18). The van der Waals surface area contributed by atoms with Crippen molar-refractivity contribution >= 4 is 5.82 Å². The van der Waals surface area contributed by atoms with Gasteiger partial charge >= 0.3 is 0 Å². The molecule has 0 spiro atoms. The predicted molar refractivity (Wildman–Crippen MR) is 78.2 cm³/mol. The van der Waals surface area contributed by atoms with Crippen molar-refractivity contribution in [2.24, 2.45) is 0 Å². The molecule has 0 aliphatic rings. The summed E-state index contributed by atoms with van der Waals surface area (Å²) in [6.45, 7) is 7.87. The Morgan fingerprint density at radius 3 is 2.75 bits per heavy atom. The molecule has 0 radical (unpaired) electrons. The minimum absolute atomic E-state index is 0.547. The van der Waals surface area contributed by atoms with Crippen molar-refractivity contribution in [1.82, 2.24) is 19.7 Å². The lowest BCUT2D eigenvalue weighted by Gasteiger charge is -2.08. The van der Waals surface area contributed by atoms with Crippen LogP contribution < -0.4 is 10.1 Å². The fraction of sp³-hybridized carbons (Fsp3) is 0.500. The maximum absolute atomic E-state index is 5.75. The summed E-state index contributed by atoms with van der Waals surface area (Å²) in [6.07, 6.45) is 5.36. The molecule has 0 fully saturated rings. The molecule has 0 saturated carbocycles. The van der Waals surface area contributed by atoms with Crippen LogP contribution in [0.2, 0.25) is 0 Å². The van der Waals surface area contributed by atoms with E-state index < -0.39 is 0 Å². The number of aromatic nitrogens is 4. The Labute approximate surface area is 119 Å². The number of aryl methyl sites for hydroxylation is 2. The topological polar surface area (TPSA) is 64.9 Å². The number of hydrogen-bond donors (Lipinski definition) is 1. The van der Waals surface area contributed by atoms with Gasteiger partial charge in [0.1, 0.15) is 11.6 Å². The summed E-state index contributed by atoms with van der Waals surface area (Å²) in [7, 11) is 0. The number of nitrogens with zero attached hydrogens (tertiary/aromatic N) is 4. The van der Waals surface area contributed by atoms with E-state index in [0.717, 1.165) is 37.6 Å². The lowest BCUT2D eigenvalue weighted by molar-refractivity contribution is 0.458. The average molecular weight is 275 g/mol. The summed E-state index contributed by atoms with van der Waals surface area (Å²) in [5, 5.41) is 7.44. The van der Waals surface area contributed by atoms with E-state index in [9.17, 15) is 0 Å². The van der Waals surface area contributed by atoms with Crippen molar-refractivity contribution in [3.63, 3.8) is 0 Å². The van der Waals surface area contributed by atoms with E-state index >= 15 is 0 Å². The third kappa shape index (κ3) is 3.69. The average Bonchev–Trinajstić information content (AvgIpc) is 2.92. The molecule has 2 aromatic rings. The second-order valence-electron chi connectivity index (χ2n) is 4.42. The molecule has 0 bridgehead atoms. The van der Waals surface area contributed by atoms with E-state index in [2.05, 4.69) is 27.3 Å². The highest BCUT2D eigenvalue weighted by molar-refractivity contribution is 5.39. The highest BCUT2D eigenvalue weighted by atomic mass is 16.5. The Bertz CT molecular complexity index is 552. The summed E-state index contributed by atoms with van der Waals surface area (Å²) < 4.78 is 7.56. The minimum Gasteiger partial charge on any atom is -0.436 e. The van der Waals surface area contributed by atoms with Crippen LogP contribution in [-0.2, 0) is 13.0 Å². The van der Waals surface area contributed by atoms with Gasteiger partial charge in [0.05, 0.1) is 12.4 Å². The van der Waals surface area contributed by atoms with Gasteiger partial charge in [-0.15, -0.1) is 0 Å². The van der Waals surface area contributed by atoms with Crippen LogP contribution in [-0.4, -0.2) is 26.3 Å². The molecule has 20 heavy (non-hydrogen) atoms. The van der Waals surface area contributed by atoms with Crippen molar-refractivity contribution < 1.29 is 4.74 Å². The smallest absolute Gasteiger partial charge is 0.224 e. The van der Waals surface area contributed by atoms with Crippen LogP contribution in [0, 0.1) is 0 Å². The van der Waals surface area contributed by atoms with Gasteiger partial charge in [0.2, 0.25) is 5.88 Å². The molecule has 6 nitrogen and oxygen atoms in total. The molecular formula is C14H21N5O. The lowest BCUT2D eigenvalue weighted by Crippen LogP contribution is -2.05. The van der Waals surface area contributed by atoms with Gasteiger partial charge in [-0.1, -0.05) is 13.8 Å². The summed E-state index contributed by atoms with van der Waals surface area (Å²) in [5.74, 6) is 2.81. The van der Waals surface area contributed by atoms with Gasteiger partial charge < -0.3 is 10.1 Å². The highest BCUT2D eigenvalue weighted by Crippen LogP contribution is 2.21. The summed E-state index contributed by atoms with van der Waals surface area (Å²) >= 11 is 0. The van der Waals surface area contributed by atoms with E-state index in [-0.39, 0.29) is 0 Å². The molecular weight excluding hydrogens is 254 g/mol. The van der Waals surface area contributed by atoms with Gasteiger partial charge in [-0.25, -0.2) is 4.98 Å². The number of hydrogen-bond acceptors (Lipinski definition) is 5. The van der Waals surface area contributed by atoms with Crippen LogP contribution in [0.1, 0.15) is 33.0 Å². The van der Waals surface area contributed by atoms with Crippen molar-refractivity contribution in [2.75, 3.05) is 11.9 Å². The van der Waals surface area contributed by atoms with Crippen molar-refractivity contribution in [3.8, 4) is 11.6 Å². The molecule has 0 aliphatic carbocycles. The Morgan fingerprint density at radius 2 is 2.10 bits per heavy atom. The molecule has 0 aromatic carbocycles. The van der Waals surface area contributed by atoms with E-state index in [1.54, 1.807) is 6.20 Å². The van der Waals surface area contributed by atoms with Gasteiger partial charge in [0.25, 0.3) is 0 Å². The molecule has 2 heterocycles. The maximum atomic E-state index is 5.75. The first kappa shape index (κ1) is 14.3. The predicted octanol–water partition coefficient (Wildman–Crippen LogP) is 2.87. The first-order chi connectivity index (χ1) is 9.75. The third-order valence-corrected chi connectivity index (χ3v) is 2.78. The lowest BCUT2D eigenvalue weighted by atomic mass is 10.4. The number of nitrogens with one attached hydrogen (secondary N) is 1. The Morgan fingerprint density at radius 1 is 1.25 bits per heavy atom. The van der Waals surface area contributed by atoms with E-state index in [1.807, 2.05) is 30.8 Å². The SMILES string of the molecule is CCCNc1cc(Oc2cnn(CC)c2)nc(CC)n1. The summed E-state index contributed by atoms with van der Waals surface area (Å²) in [5.41, 5.74) is 0. The monoisotopic (exact) mass is 275 g/mol. The van der Waals surface area contributed by atoms with Gasteiger partial charge in [-0.3, -0.25) is 4.68 Å². The summed E-state index contributed by atoms with van der Waals surface area (Å²) in [4.78, 5) is 8.81. The van der Waals surface area contributed by atoms with Crippen molar-refractivity contribution in [2.45, 2.75) is 40.2 Å². The quantitative estimate of drug-likeness (QED) is 0.841. The molecule has 108 valence electrons. The van der Waals surface area contributed by atoms with Crippen LogP contribution in [0.4, 0.5) is 5.82 Å². The van der Waals surface area contributed by atoms with Crippen LogP contribution in [0.3, 0.4) is 0 Å². The largest absolute Gasteiger partial charge is 0.436 e. The van der Waals surface area contributed by atoms with Crippen LogP contribution in [0.5, 0.6) is 11.6 Å². The third-order valence-electron chi connectivity index (χ3n) is 2.78. The molecule has 0 unspecified atom stereocenters. The van der Waals surface area contributed by atoms with Crippen molar-refractivity contribution in [3.05, 3.63) is 24.3 Å². The molecule has 0 amide bonds. The van der Waals surface area contributed by atoms with Crippen LogP contribution >= 0.6 is 0 Å². The zero-order chi connectivity index (χ0) is 14.4. The Kier molecular flexibility index (Phi) is 4.92. The molecule has 0 atom stereocenters. The van der Waals surface area contributed by atoms with E-state index in [1.165, 1.54) is 0 Å². The normalized spacial score (nSPS) is 10.6. The van der Waals surface area contributed by atoms with E-state index in [4.69, 9.17) is 4.74 Å². The Hall–Kier alpha value is -2.11. The second kappa shape index (κ2) is 6.88. The number of anilines is 1. The zero-order valence-corrected chi connectivity index (χ0v) is 12.3. The molecule has 1 N–H and O–H groups in total. The maximum Gasteiger partial charge on any atom is 0.224 e. The molecule has 0 aliphatic heterocycles. The minimum atomic E-state index is 0.547. The summed E-state index contributed by atoms with van der Waals surface area (Å²) in [6, 6.07) is 1.82. The Balaban J connectivity index is 2.16. The number of ether oxygens (including phenoxy) is 1. The highest BCUT2D eigenvalue weighted by Gasteiger charge is 2.07. The molecule has 2 rings (SSSR count). The first-order valence-corrected chi connectivity index (χ1v) is 7.07.